The van der Waals surface area contributed by atoms with Crippen LogP contribution < -0.4 is 5.32 Å². The number of rotatable bonds is 7. The second-order valence-electron chi connectivity index (χ2n) is 4.96. The van der Waals surface area contributed by atoms with Crippen LogP contribution in [0.15, 0.2) is 24.7 Å². The molecule has 0 saturated carbocycles. The SMILES string of the molecule is CCn1ccc(CNC(=O)C(C)Cn2cc([N+](=O)[O-])cn2)n1. The fourth-order valence-corrected chi connectivity index (χ4v) is 1.94. The van der Waals surface area contributed by atoms with E-state index in [1.165, 1.54) is 17.1 Å². The average Bonchev–Trinajstić information content (AvgIpc) is 3.13. The molecule has 2 rings (SSSR count). The van der Waals surface area contributed by atoms with Crippen LogP contribution in [0.3, 0.4) is 0 Å². The van der Waals surface area contributed by atoms with E-state index in [4.69, 9.17) is 0 Å². The maximum atomic E-state index is 12.0. The Hall–Kier alpha value is -2.71. The third kappa shape index (κ3) is 3.90. The summed E-state index contributed by atoms with van der Waals surface area (Å²) in [7, 11) is 0. The molecule has 1 N–H and O–H groups in total. The Kier molecular flexibility index (Phi) is 4.87. The van der Waals surface area contributed by atoms with E-state index in [0.29, 0.717) is 6.54 Å². The molecule has 0 spiro atoms. The van der Waals surface area contributed by atoms with E-state index in [1.807, 2.05) is 19.2 Å². The zero-order chi connectivity index (χ0) is 16.1. The summed E-state index contributed by atoms with van der Waals surface area (Å²) in [5, 5.41) is 21.5. The number of aromatic nitrogens is 4. The monoisotopic (exact) mass is 306 g/mol. The van der Waals surface area contributed by atoms with E-state index in [9.17, 15) is 14.9 Å². The third-order valence-corrected chi connectivity index (χ3v) is 3.20. The first kappa shape index (κ1) is 15.7. The summed E-state index contributed by atoms with van der Waals surface area (Å²) in [5.74, 6) is -0.503. The molecule has 22 heavy (non-hydrogen) atoms. The molecule has 2 heterocycles. The molecule has 0 radical (unpaired) electrons. The normalized spacial score (nSPS) is 12.1. The minimum absolute atomic E-state index is 0.0855. The number of nitrogens with zero attached hydrogens (tertiary/aromatic N) is 5. The van der Waals surface area contributed by atoms with Crippen LogP contribution >= 0.6 is 0 Å². The van der Waals surface area contributed by atoms with Gasteiger partial charge in [0.2, 0.25) is 5.91 Å². The molecule has 1 atom stereocenters. The van der Waals surface area contributed by atoms with Crippen LogP contribution in [0, 0.1) is 16.0 Å². The van der Waals surface area contributed by atoms with E-state index >= 15 is 0 Å². The summed E-state index contributed by atoms with van der Waals surface area (Å²) in [6, 6.07) is 1.85. The number of amides is 1. The molecule has 9 nitrogen and oxygen atoms in total. The zero-order valence-corrected chi connectivity index (χ0v) is 12.5. The number of aryl methyl sites for hydroxylation is 1. The van der Waals surface area contributed by atoms with Crippen LogP contribution in [-0.2, 0) is 24.4 Å². The maximum absolute atomic E-state index is 12.0. The van der Waals surface area contributed by atoms with Gasteiger partial charge < -0.3 is 5.32 Å². The highest BCUT2D eigenvalue weighted by Gasteiger charge is 2.16. The number of nitro groups is 1. The van der Waals surface area contributed by atoms with Crippen molar-refractivity contribution in [1.82, 2.24) is 24.9 Å². The van der Waals surface area contributed by atoms with Crippen LogP contribution in [0.4, 0.5) is 5.69 Å². The molecule has 0 bridgehead atoms. The zero-order valence-electron chi connectivity index (χ0n) is 12.5. The van der Waals surface area contributed by atoms with Gasteiger partial charge in [-0.05, 0) is 13.0 Å². The van der Waals surface area contributed by atoms with Crippen molar-refractivity contribution in [2.75, 3.05) is 0 Å². The predicted molar refractivity (Wildman–Crippen MR) is 77.8 cm³/mol. The van der Waals surface area contributed by atoms with Gasteiger partial charge >= 0.3 is 5.69 Å². The molecule has 118 valence electrons. The molecule has 2 aromatic heterocycles. The molecule has 1 amide bonds. The van der Waals surface area contributed by atoms with E-state index < -0.39 is 4.92 Å². The van der Waals surface area contributed by atoms with Gasteiger partial charge in [0.15, 0.2) is 0 Å². The minimum Gasteiger partial charge on any atom is -0.350 e. The molecule has 0 aliphatic rings. The molecule has 2 aromatic rings. The molecule has 0 aromatic carbocycles. The van der Waals surface area contributed by atoms with Gasteiger partial charge in [-0.2, -0.15) is 10.2 Å². The van der Waals surface area contributed by atoms with Crippen molar-refractivity contribution < 1.29 is 9.72 Å². The number of hydrogen-bond donors (Lipinski definition) is 1. The highest BCUT2D eigenvalue weighted by Crippen LogP contribution is 2.10. The number of carbonyl (C=O) groups excluding carboxylic acids is 1. The first-order valence-electron chi connectivity index (χ1n) is 6.96. The van der Waals surface area contributed by atoms with E-state index in [2.05, 4.69) is 15.5 Å². The van der Waals surface area contributed by atoms with Crippen molar-refractivity contribution in [3.8, 4) is 0 Å². The van der Waals surface area contributed by atoms with Crippen molar-refractivity contribution in [3.05, 3.63) is 40.5 Å². The van der Waals surface area contributed by atoms with Gasteiger partial charge in [-0.1, -0.05) is 6.92 Å². The number of nitrogens with one attached hydrogen (secondary N) is 1. The minimum atomic E-state index is -0.516. The standard InChI is InChI=1S/C13H18N6O3/c1-3-17-5-4-11(16-17)6-14-13(20)10(2)8-18-9-12(7-15-18)19(21)22/h4-5,7,9-10H,3,6,8H2,1-2H3,(H,14,20). The molecule has 0 aliphatic carbocycles. The van der Waals surface area contributed by atoms with Gasteiger partial charge in [-0.25, -0.2) is 0 Å². The Bertz CT molecular complexity index is 662. The Morgan fingerprint density at radius 3 is 2.86 bits per heavy atom. The highest BCUT2D eigenvalue weighted by atomic mass is 16.6. The van der Waals surface area contributed by atoms with Crippen LogP contribution in [0.1, 0.15) is 19.5 Å². The molecule has 0 fully saturated rings. The first-order valence-corrected chi connectivity index (χ1v) is 6.96. The number of carbonyl (C=O) groups is 1. The summed E-state index contributed by atoms with van der Waals surface area (Å²) in [6.07, 6.45) is 4.34. The van der Waals surface area contributed by atoms with Gasteiger partial charge in [0.1, 0.15) is 12.4 Å². The van der Waals surface area contributed by atoms with Crippen LogP contribution in [0.2, 0.25) is 0 Å². The van der Waals surface area contributed by atoms with Crippen molar-refractivity contribution in [2.24, 2.45) is 5.92 Å². The lowest BCUT2D eigenvalue weighted by molar-refractivity contribution is -0.385. The smallest absolute Gasteiger partial charge is 0.306 e. The van der Waals surface area contributed by atoms with Gasteiger partial charge in [0.25, 0.3) is 0 Å². The Labute approximate surface area is 127 Å². The van der Waals surface area contributed by atoms with Gasteiger partial charge in [-0.3, -0.25) is 24.3 Å². The molecular formula is C13H18N6O3. The summed E-state index contributed by atoms with van der Waals surface area (Å²) in [6.45, 7) is 5.15. The molecule has 0 saturated heterocycles. The summed E-state index contributed by atoms with van der Waals surface area (Å²) in [5.41, 5.74) is 0.704. The second kappa shape index (κ2) is 6.83. The summed E-state index contributed by atoms with van der Waals surface area (Å²) >= 11 is 0. The van der Waals surface area contributed by atoms with E-state index in [1.54, 1.807) is 11.6 Å². The fourth-order valence-electron chi connectivity index (χ4n) is 1.94. The van der Waals surface area contributed by atoms with Gasteiger partial charge in [0, 0.05) is 12.7 Å². The number of hydrogen-bond acceptors (Lipinski definition) is 5. The Morgan fingerprint density at radius 2 is 2.27 bits per heavy atom. The quantitative estimate of drug-likeness (QED) is 0.605. The van der Waals surface area contributed by atoms with Gasteiger partial charge in [-0.15, -0.1) is 0 Å². The van der Waals surface area contributed by atoms with Crippen molar-refractivity contribution >= 4 is 11.6 Å². The van der Waals surface area contributed by atoms with Gasteiger partial charge in [0.05, 0.1) is 29.6 Å². The van der Waals surface area contributed by atoms with Crippen molar-refractivity contribution in [2.45, 2.75) is 33.5 Å². The highest BCUT2D eigenvalue weighted by molar-refractivity contribution is 5.78. The first-order chi connectivity index (χ1) is 10.5. The topological polar surface area (TPSA) is 108 Å². The lowest BCUT2D eigenvalue weighted by Crippen LogP contribution is -2.31. The summed E-state index contributed by atoms with van der Waals surface area (Å²) in [4.78, 5) is 22.1. The lowest BCUT2D eigenvalue weighted by atomic mass is 10.1. The molecule has 0 aliphatic heterocycles. The lowest BCUT2D eigenvalue weighted by Gasteiger charge is -2.11. The maximum Gasteiger partial charge on any atom is 0.306 e. The fraction of sp³-hybridized carbons (Fsp3) is 0.462. The second-order valence-corrected chi connectivity index (χ2v) is 4.96. The molecule has 1 unspecified atom stereocenters. The van der Waals surface area contributed by atoms with Crippen LogP contribution in [-0.4, -0.2) is 30.4 Å². The molecule has 9 heteroatoms. The third-order valence-electron chi connectivity index (χ3n) is 3.20. The predicted octanol–water partition coefficient (Wildman–Crippen LogP) is 0.960. The average molecular weight is 306 g/mol. The summed E-state index contributed by atoms with van der Waals surface area (Å²) < 4.78 is 3.18. The van der Waals surface area contributed by atoms with E-state index in [0.717, 1.165) is 12.2 Å². The van der Waals surface area contributed by atoms with Crippen LogP contribution in [0.5, 0.6) is 0 Å². The van der Waals surface area contributed by atoms with Crippen molar-refractivity contribution in [1.29, 1.82) is 0 Å². The Morgan fingerprint density at radius 1 is 1.50 bits per heavy atom. The van der Waals surface area contributed by atoms with E-state index in [-0.39, 0.29) is 24.1 Å². The van der Waals surface area contributed by atoms with Crippen molar-refractivity contribution in [3.63, 3.8) is 0 Å². The largest absolute Gasteiger partial charge is 0.350 e. The Balaban J connectivity index is 1.84. The van der Waals surface area contributed by atoms with Crippen LogP contribution in [0.25, 0.3) is 0 Å². The molecular weight excluding hydrogens is 288 g/mol.